The van der Waals surface area contributed by atoms with Crippen LogP contribution in [0.3, 0.4) is 0 Å². The Morgan fingerprint density at radius 1 is 1.22 bits per heavy atom. The summed E-state index contributed by atoms with van der Waals surface area (Å²) in [6.07, 6.45) is 9.93. The Hall–Kier alpha value is -1.98. The Balaban J connectivity index is 1.34. The molecule has 3 atom stereocenters. The quantitative estimate of drug-likeness (QED) is 0.616. The lowest BCUT2D eigenvalue weighted by atomic mass is 9.95. The van der Waals surface area contributed by atoms with Crippen molar-refractivity contribution >= 4 is 11.9 Å². The number of carbonyl (C=O) groups excluding carboxylic acids is 1. The smallest absolute Gasteiger partial charge is 0.219 e. The van der Waals surface area contributed by atoms with Crippen molar-refractivity contribution in [2.45, 2.75) is 64.0 Å². The van der Waals surface area contributed by atoms with E-state index in [2.05, 4.69) is 10.6 Å². The molecule has 1 aromatic rings. The van der Waals surface area contributed by atoms with Crippen molar-refractivity contribution < 1.29 is 9.21 Å². The highest BCUT2D eigenvalue weighted by atomic mass is 16.3. The predicted molar refractivity (Wildman–Crippen MR) is 105 cm³/mol. The number of piperidine rings is 1. The van der Waals surface area contributed by atoms with Crippen molar-refractivity contribution in [3.63, 3.8) is 0 Å². The van der Waals surface area contributed by atoms with E-state index in [1.54, 1.807) is 13.2 Å². The maximum absolute atomic E-state index is 11.5. The molecule has 3 fully saturated rings. The fourth-order valence-corrected chi connectivity index (χ4v) is 4.99. The number of carbonyl (C=O) groups is 1. The van der Waals surface area contributed by atoms with Gasteiger partial charge in [-0.1, -0.05) is 6.42 Å². The molecule has 148 valence electrons. The van der Waals surface area contributed by atoms with Gasteiger partial charge in [-0.2, -0.15) is 0 Å². The molecule has 3 aliphatic rings. The van der Waals surface area contributed by atoms with Crippen molar-refractivity contribution in [2.24, 2.45) is 16.8 Å². The monoisotopic (exact) mass is 372 g/mol. The molecule has 1 saturated heterocycles. The summed E-state index contributed by atoms with van der Waals surface area (Å²) in [5.74, 6) is 3.83. The first-order chi connectivity index (χ1) is 13.2. The van der Waals surface area contributed by atoms with Gasteiger partial charge in [-0.25, -0.2) is 0 Å². The molecule has 2 bridgehead atoms. The van der Waals surface area contributed by atoms with Crippen LogP contribution in [0, 0.1) is 11.8 Å². The van der Waals surface area contributed by atoms with Gasteiger partial charge in [-0.05, 0) is 56.1 Å². The zero-order chi connectivity index (χ0) is 18.6. The van der Waals surface area contributed by atoms with Crippen molar-refractivity contribution in [1.29, 1.82) is 0 Å². The standard InChI is InChI=1S/C21H32N4O2/c1-15(26)25-10-7-18(8-11-25)23-21(22-9-6-19-3-2-12-27-19)24-20-14-16-4-5-17(20)13-16/h2-3,12,16-18,20H,4-11,13-14H2,1H3,(H2,22,23,24). The van der Waals surface area contributed by atoms with Gasteiger partial charge in [0.2, 0.25) is 5.91 Å². The van der Waals surface area contributed by atoms with Crippen molar-refractivity contribution in [3.05, 3.63) is 24.2 Å². The van der Waals surface area contributed by atoms with Crippen molar-refractivity contribution in [1.82, 2.24) is 15.5 Å². The van der Waals surface area contributed by atoms with Gasteiger partial charge >= 0.3 is 0 Å². The molecule has 4 rings (SSSR count). The van der Waals surface area contributed by atoms with E-state index in [1.165, 1.54) is 25.7 Å². The van der Waals surface area contributed by atoms with E-state index >= 15 is 0 Å². The summed E-state index contributed by atoms with van der Waals surface area (Å²) in [5, 5.41) is 7.39. The molecule has 3 unspecified atom stereocenters. The number of hydrogen-bond donors (Lipinski definition) is 2. The molecule has 2 heterocycles. The van der Waals surface area contributed by atoms with Gasteiger partial charge in [-0.15, -0.1) is 0 Å². The highest BCUT2D eigenvalue weighted by molar-refractivity contribution is 5.80. The van der Waals surface area contributed by atoms with Crippen LogP contribution in [0.5, 0.6) is 0 Å². The third kappa shape index (κ3) is 4.66. The molecule has 1 aliphatic heterocycles. The zero-order valence-corrected chi connectivity index (χ0v) is 16.3. The van der Waals surface area contributed by atoms with E-state index in [-0.39, 0.29) is 5.91 Å². The normalized spacial score (nSPS) is 28.6. The van der Waals surface area contributed by atoms with Crippen LogP contribution in [0.4, 0.5) is 0 Å². The van der Waals surface area contributed by atoms with Crippen LogP contribution < -0.4 is 10.6 Å². The minimum atomic E-state index is 0.181. The maximum atomic E-state index is 11.5. The van der Waals surface area contributed by atoms with Crippen LogP contribution in [0.15, 0.2) is 27.8 Å². The number of rotatable bonds is 5. The van der Waals surface area contributed by atoms with Crippen LogP contribution in [0.25, 0.3) is 0 Å². The molecule has 27 heavy (non-hydrogen) atoms. The van der Waals surface area contributed by atoms with Gasteiger partial charge in [0.25, 0.3) is 0 Å². The molecule has 0 radical (unpaired) electrons. The van der Waals surface area contributed by atoms with Gasteiger partial charge in [0.1, 0.15) is 5.76 Å². The van der Waals surface area contributed by atoms with E-state index in [1.807, 2.05) is 17.0 Å². The molecular weight excluding hydrogens is 340 g/mol. The molecule has 6 nitrogen and oxygen atoms in total. The average molecular weight is 373 g/mol. The summed E-state index contributed by atoms with van der Waals surface area (Å²) in [7, 11) is 0. The number of fused-ring (bicyclic) bond motifs is 2. The van der Waals surface area contributed by atoms with E-state index in [0.717, 1.165) is 62.5 Å². The maximum Gasteiger partial charge on any atom is 0.219 e. The van der Waals surface area contributed by atoms with E-state index in [9.17, 15) is 4.79 Å². The lowest BCUT2D eigenvalue weighted by molar-refractivity contribution is -0.129. The van der Waals surface area contributed by atoms with E-state index < -0.39 is 0 Å². The molecule has 0 spiro atoms. The summed E-state index contributed by atoms with van der Waals surface area (Å²) in [5.41, 5.74) is 0. The van der Waals surface area contributed by atoms with Crippen LogP contribution >= 0.6 is 0 Å². The number of furan rings is 1. The third-order valence-corrected chi connectivity index (χ3v) is 6.55. The van der Waals surface area contributed by atoms with Crippen LogP contribution in [-0.4, -0.2) is 48.5 Å². The second-order valence-corrected chi connectivity index (χ2v) is 8.41. The Bertz CT molecular complexity index is 649. The molecule has 1 aromatic heterocycles. The van der Waals surface area contributed by atoms with Gasteiger partial charge < -0.3 is 20.0 Å². The Morgan fingerprint density at radius 3 is 2.70 bits per heavy atom. The van der Waals surface area contributed by atoms with Crippen LogP contribution in [0.2, 0.25) is 0 Å². The Morgan fingerprint density at radius 2 is 2.07 bits per heavy atom. The molecule has 6 heteroatoms. The number of nitrogens with zero attached hydrogens (tertiary/aromatic N) is 2. The average Bonchev–Trinajstić information content (AvgIpc) is 3.40. The molecule has 2 saturated carbocycles. The Labute approximate surface area is 161 Å². The second-order valence-electron chi connectivity index (χ2n) is 8.41. The number of amides is 1. The largest absolute Gasteiger partial charge is 0.469 e. The lowest BCUT2D eigenvalue weighted by Gasteiger charge is -2.33. The molecule has 0 aromatic carbocycles. The molecule has 2 N–H and O–H groups in total. The fourth-order valence-electron chi connectivity index (χ4n) is 4.99. The topological polar surface area (TPSA) is 69.9 Å². The lowest BCUT2D eigenvalue weighted by Crippen LogP contribution is -2.52. The summed E-state index contributed by atoms with van der Waals surface area (Å²) in [4.78, 5) is 18.3. The molecule has 2 aliphatic carbocycles. The number of guanidine groups is 1. The number of hydrogen-bond acceptors (Lipinski definition) is 3. The second kappa shape index (κ2) is 8.36. The van der Waals surface area contributed by atoms with Crippen molar-refractivity contribution in [2.75, 3.05) is 19.6 Å². The van der Waals surface area contributed by atoms with Gasteiger partial charge in [0, 0.05) is 45.1 Å². The SMILES string of the molecule is CC(=O)N1CCC(NC(=NCCc2ccco2)NC2CC3CCC2C3)CC1. The summed E-state index contributed by atoms with van der Waals surface area (Å²) in [6.45, 7) is 4.05. The predicted octanol–water partition coefficient (Wildman–Crippen LogP) is 2.56. The minimum Gasteiger partial charge on any atom is -0.469 e. The minimum absolute atomic E-state index is 0.181. The van der Waals surface area contributed by atoms with E-state index in [0.29, 0.717) is 12.1 Å². The summed E-state index contributed by atoms with van der Waals surface area (Å²) < 4.78 is 5.43. The summed E-state index contributed by atoms with van der Waals surface area (Å²) in [6, 6.07) is 4.88. The third-order valence-electron chi connectivity index (χ3n) is 6.55. The number of likely N-dealkylation sites (tertiary alicyclic amines) is 1. The first-order valence-electron chi connectivity index (χ1n) is 10.5. The van der Waals surface area contributed by atoms with Crippen LogP contribution in [-0.2, 0) is 11.2 Å². The first kappa shape index (κ1) is 18.4. The highest BCUT2D eigenvalue weighted by Crippen LogP contribution is 2.44. The van der Waals surface area contributed by atoms with Gasteiger partial charge in [0.05, 0.1) is 6.26 Å². The highest BCUT2D eigenvalue weighted by Gasteiger charge is 2.40. The number of nitrogens with one attached hydrogen (secondary N) is 2. The van der Waals surface area contributed by atoms with Gasteiger partial charge in [0.15, 0.2) is 5.96 Å². The van der Waals surface area contributed by atoms with Crippen LogP contribution in [0.1, 0.15) is 51.2 Å². The Kier molecular flexibility index (Phi) is 5.69. The van der Waals surface area contributed by atoms with E-state index in [4.69, 9.17) is 9.41 Å². The summed E-state index contributed by atoms with van der Waals surface area (Å²) >= 11 is 0. The van der Waals surface area contributed by atoms with Gasteiger partial charge in [-0.3, -0.25) is 9.79 Å². The fraction of sp³-hybridized carbons (Fsp3) is 0.714. The van der Waals surface area contributed by atoms with Crippen molar-refractivity contribution in [3.8, 4) is 0 Å². The first-order valence-corrected chi connectivity index (χ1v) is 10.5. The number of aliphatic imine (C=N–C) groups is 1. The molecule has 1 amide bonds. The zero-order valence-electron chi connectivity index (χ0n) is 16.3. The molecular formula is C21H32N4O2.